The molecular formula is C20H20Cl2N4O2S. The predicted octanol–water partition coefficient (Wildman–Crippen LogP) is 5.30. The number of hydrogen-bond donors (Lipinski definition) is 1. The standard InChI is InChI=1S/C20H20Cl2N4O2S/c1-12-10-14(21)8-9-16(12)23-18(27)11-29-20-25-24-19(26(20)3)13(2)28-17-7-5-4-6-15(17)22/h4-10,13H,11H2,1-3H3,(H,23,27)/t13-/m0/s1. The Kier molecular flexibility index (Phi) is 7.05. The van der Waals surface area contributed by atoms with Crippen LogP contribution in [0.1, 0.15) is 24.4 Å². The van der Waals surface area contributed by atoms with E-state index < -0.39 is 0 Å². The first-order chi connectivity index (χ1) is 13.8. The molecule has 29 heavy (non-hydrogen) atoms. The van der Waals surface area contributed by atoms with Crippen molar-refractivity contribution >= 4 is 46.6 Å². The number of aromatic nitrogens is 3. The van der Waals surface area contributed by atoms with Gasteiger partial charge in [0.1, 0.15) is 5.75 Å². The molecule has 2 aromatic carbocycles. The fraction of sp³-hybridized carbons (Fsp3) is 0.250. The highest BCUT2D eigenvalue weighted by molar-refractivity contribution is 7.99. The quantitative estimate of drug-likeness (QED) is 0.494. The molecule has 1 heterocycles. The number of para-hydroxylation sites is 1. The summed E-state index contributed by atoms with van der Waals surface area (Å²) >= 11 is 13.4. The van der Waals surface area contributed by atoms with E-state index >= 15 is 0 Å². The van der Waals surface area contributed by atoms with Crippen LogP contribution in [0.2, 0.25) is 10.0 Å². The Morgan fingerprint density at radius 3 is 2.72 bits per heavy atom. The second-order valence-corrected chi connectivity index (χ2v) is 8.17. The summed E-state index contributed by atoms with van der Waals surface area (Å²) < 4.78 is 7.71. The lowest BCUT2D eigenvalue weighted by Gasteiger charge is -2.15. The SMILES string of the molecule is Cc1cc(Cl)ccc1NC(=O)CSc1nnc([C@H](C)Oc2ccccc2Cl)n1C. The minimum atomic E-state index is -0.354. The van der Waals surface area contributed by atoms with Crippen LogP contribution in [-0.2, 0) is 11.8 Å². The number of ether oxygens (including phenoxy) is 1. The van der Waals surface area contributed by atoms with Crippen LogP contribution in [0.25, 0.3) is 0 Å². The Morgan fingerprint density at radius 2 is 2.00 bits per heavy atom. The van der Waals surface area contributed by atoms with Gasteiger partial charge in [0.25, 0.3) is 0 Å². The Morgan fingerprint density at radius 1 is 1.24 bits per heavy atom. The van der Waals surface area contributed by atoms with Crippen LogP contribution >= 0.6 is 35.0 Å². The van der Waals surface area contributed by atoms with Gasteiger partial charge >= 0.3 is 0 Å². The average molecular weight is 451 g/mol. The summed E-state index contributed by atoms with van der Waals surface area (Å²) in [5.41, 5.74) is 1.64. The van der Waals surface area contributed by atoms with Crippen LogP contribution in [0.4, 0.5) is 5.69 Å². The molecule has 3 rings (SSSR count). The third-order valence-electron chi connectivity index (χ3n) is 4.17. The van der Waals surface area contributed by atoms with Crippen LogP contribution in [-0.4, -0.2) is 26.4 Å². The van der Waals surface area contributed by atoms with Crippen molar-refractivity contribution in [2.45, 2.75) is 25.1 Å². The van der Waals surface area contributed by atoms with Gasteiger partial charge in [-0.1, -0.05) is 47.1 Å². The van der Waals surface area contributed by atoms with Gasteiger partial charge in [0, 0.05) is 17.8 Å². The van der Waals surface area contributed by atoms with Crippen molar-refractivity contribution in [1.29, 1.82) is 0 Å². The molecule has 0 aliphatic heterocycles. The Bertz CT molecular complexity index is 1030. The highest BCUT2D eigenvalue weighted by atomic mass is 35.5. The van der Waals surface area contributed by atoms with Gasteiger partial charge in [-0.05, 0) is 49.7 Å². The van der Waals surface area contributed by atoms with E-state index in [0.29, 0.717) is 26.8 Å². The fourth-order valence-corrected chi connectivity index (χ4v) is 3.80. The summed E-state index contributed by atoms with van der Waals surface area (Å²) in [6.07, 6.45) is -0.354. The van der Waals surface area contributed by atoms with E-state index in [2.05, 4.69) is 15.5 Å². The molecule has 0 radical (unpaired) electrons. The van der Waals surface area contributed by atoms with Crippen molar-refractivity contribution in [1.82, 2.24) is 14.8 Å². The van der Waals surface area contributed by atoms with Crippen LogP contribution in [0.3, 0.4) is 0 Å². The zero-order valence-corrected chi connectivity index (χ0v) is 18.5. The van der Waals surface area contributed by atoms with E-state index in [4.69, 9.17) is 27.9 Å². The van der Waals surface area contributed by atoms with Crippen molar-refractivity contribution in [2.75, 3.05) is 11.1 Å². The van der Waals surface area contributed by atoms with Crippen LogP contribution in [0.5, 0.6) is 5.75 Å². The third kappa shape index (κ3) is 5.44. The molecule has 0 spiro atoms. The minimum Gasteiger partial charge on any atom is -0.481 e. The second-order valence-electron chi connectivity index (χ2n) is 6.39. The van der Waals surface area contributed by atoms with E-state index in [-0.39, 0.29) is 17.8 Å². The lowest BCUT2D eigenvalue weighted by atomic mass is 10.2. The maximum atomic E-state index is 12.3. The normalized spacial score (nSPS) is 11.9. The summed E-state index contributed by atoms with van der Waals surface area (Å²) in [6, 6.07) is 12.6. The van der Waals surface area contributed by atoms with Crippen molar-refractivity contribution in [3.05, 3.63) is 63.9 Å². The summed E-state index contributed by atoms with van der Waals surface area (Å²) in [5, 5.41) is 13.0. The van der Waals surface area contributed by atoms with E-state index in [1.807, 2.05) is 37.6 Å². The number of carbonyl (C=O) groups is 1. The molecule has 1 aromatic heterocycles. The number of nitrogens with one attached hydrogen (secondary N) is 1. The van der Waals surface area contributed by atoms with Crippen LogP contribution in [0, 0.1) is 6.92 Å². The van der Waals surface area contributed by atoms with E-state index in [0.717, 1.165) is 11.3 Å². The van der Waals surface area contributed by atoms with Gasteiger partial charge < -0.3 is 14.6 Å². The molecule has 1 N–H and O–H groups in total. The Hall–Kier alpha value is -2.22. The molecule has 0 saturated heterocycles. The molecule has 0 fully saturated rings. The maximum Gasteiger partial charge on any atom is 0.234 e. The summed E-state index contributed by atoms with van der Waals surface area (Å²) in [5.74, 6) is 1.29. The smallest absolute Gasteiger partial charge is 0.234 e. The molecule has 0 unspecified atom stereocenters. The number of halogens is 2. The van der Waals surface area contributed by atoms with Gasteiger partial charge in [-0.3, -0.25) is 4.79 Å². The summed E-state index contributed by atoms with van der Waals surface area (Å²) in [6.45, 7) is 3.77. The van der Waals surface area contributed by atoms with Gasteiger partial charge in [0.05, 0.1) is 10.8 Å². The van der Waals surface area contributed by atoms with Crippen molar-refractivity contribution in [3.8, 4) is 5.75 Å². The van der Waals surface area contributed by atoms with Crippen LogP contribution < -0.4 is 10.1 Å². The number of rotatable bonds is 7. The van der Waals surface area contributed by atoms with E-state index in [1.165, 1.54) is 11.8 Å². The first-order valence-electron chi connectivity index (χ1n) is 8.84. The number of carbonyl (C=O) groups excluding carboxylic acids is 1. The Balaban J connectivity index is 1.60. The first-order valence-corrected chi connectivity index (χ1v) is 10.6. The zero-order valence-electron chi connectivity index (χ0n) is 16.1. The number of hydrogen-bond acceptors (Lipinski definition) is 5. The van der Waals surface area contributed by atoms with Gasteiger partial charge in [0.15, 0.2) is 17.1 Å². The molecule has 0 aliphatic carbocycles. The summed E-state index contributed by atoms with van der Waals surface area (Å²) in [7, 11) is 1.84. The molecule has 1 amide bonds. The number of thioether (sulfide) groups is 1. The molecule has 1 atom stereocenters. The largest absolute Gasteiger partial charge is 0.481 e. The minimum absolute atomic E-state index is 0.134. The lowest BCUT2D eigenvalue weighted by molar-refractivity contribution is -0.113. The van der Waals surface area contributed by atoms with Gasteiger partial charge in [-0.25, -0.2) is 0 Å². The topological polar surface area (TPSA) is 69.0 Å². The van der Waals surface area contributed by atoms with E-state index in [9.17, 15) is 4.79 Å². The highest BCUT2D eigenvalue weighted by Gasteiger charge is 2.19. The monoisotopic (exact) mass is 450 g/mol. The number of nitrogens with zero attached hydrogens (tertiary/aromatic N) is 3. The zero-order chi connectivity index (χ0) is 21.0. The van der Waals surface area contributed by atoms with Crippen molar-refractivity contribution in [2.24, 2.45) is 7.05 Å². The number of amides is 1. The number of anilines is 1. The summed E-state index contributed by atoms with van der Waals surface area (Å²) in [4.78, 5) is 12.3. The molecular weight excluding hydrogens is 431 g/mol. The molecule has 0 bridgehead atoms. The van der Waals surface area contributed by atoms with Gasteiger partial charge in [0.2, 0.25) is 5.91 Å². The van der Waals surface area contributed by atoms with Crippen molar-refractivity contribution in [3.63, 3.8) is 0 Å². The third-order valence-corrected chi connectivity index (χ3v) is 5.74. The maximum absolute atomic E-state index is 12.3. The molecule has 9 heteroatoms. The number of aryl methyl sites for hydroxylation is 1. The molecule has 152 valence electrons. The molecule has 3 aromatic rings. The number of benzene rings is 2. The van der Waals surface area contributed by atoms with Gasteiger partial charge in [-0.15, -0.1) is 10.2 Å². The second kappa shape index (κ2) is 9.52. The predicted molar refractivity (Wildman–Crippen MR) is 117 cm³/mol. The highest BCUT2D eigenvalue weighted by Crippen LogP contribution is 2.29. The molecule has 6 nitrogen and oxygen atoms in total. The first kappa shape index (κ1) is 21.5. The molecule has 0 aliphatic rings. The molecule has 0 saturated carbocycles. The fourth-order valence-electron chi connectivity index (χ4n) is 2.67. The van der Waals surface area contributed by atoms with Crippen molar-refractivity contribution < 1.29 is 9.53 Å². The van der Waals surface area contributed by atoms with Crippen LogP contribution in [0.15, 0.2) is 47.6 Å². The lowest BCUT2D eigenvalue weighted by Crippen LogP contribution is -2.15. The van der Waals surface area contributed by atoms with Gasteiger partial charge in [-0.2, -0.15) is 0 Å². The Labute approximate surface area is 183 Å². The average Bonchev–Trinajstić information content (AvgIpc) is 3.05. The van der Waals surface area contributed by atoms with E-state index in [1.54, 1.807) is 30.3 Å².